The predicted molar refractivity (Wildman–Crippen MR) is 126 cm³/mol. The van der Waals surface area contributed by atoms with Gasteiger partial charge in [0, 0.05) is 24.4 Å². The number of amides is 2. The summed E-state index contributed by atoms with van der Waals surface area (Å²) in [6.45, 7) is 1.32. The zero-order chi connectivity index (χ0) is 24.2. The third-order valence-corrected chi connectivity index (χ3v) is 8.19. The first kappa shape index (κ1) is 22.1. The van der Waals surface area contributed by atoms with Gasteiger partial charge in [-0.3, -0.25) is 9.59 Å². The molecule has 8 nitrogen and oxygen atoms in total. The molecule has 0 radical (unpaired) electrons. The number of alkyl carbamates (subject to hydrolysis) is 1. The van der Waals surface area contributed by atoms with Crippen LogP contribution in [0.1, 0.15) is 29.9 Å². The Kier molecular flexibility index (Phi) is 5.29. The molecule has 0 aromatic heterocycles. The molecular weight excluding hydrogens is 448 g/mol. The molecule has 8 heteroatoms. The fourth-order valence-electron chi connectivity index (χ4n) is 6.11. The van der Waals surface area contributed by atoms with E-state index >= 15 is 0 Å². The van der Waals surface area contributed by atoms with Crippen molar-refractivity contribution < 1.29 is 29.0 Å². The van der Waals surface area contributed by atoms with Crippen molar-refractivity contribution in [3.63, 3.8) is 0 Å². The number of hydrogen-bond donors (Lipinski definition) is 2. The number of carbonyl (C=O) groups is 3. The van der Waals surface area contributed by atoms with Gasteiger partial charge < -0.3 is 24.8 Å². The molecule has 2 aromatic rings. The third-order valence-electron chi connectivity index (χ3n) is 8.19. The standard InChI is InChI=1S/C27H28N2O6/c30-24(29-11-22(25(31)32)27(15-29)9-10-27)21-12-34-14-23(21)28-26(33)35-13-20-18-7-3-1-5-16(18)17-6-2-4-8-19(17)20/h1-8,20-23H,9-15H2,(H,28,33)(H,31,32). The van der Waals surface area contributed by atoms with E-state index in [2.05, 4.69) is 29.6 Å². The van der Waals surface area contributed by atoms with Crippen LogP contribution in [0.2, 0.25) is 0 Å². The highest BCUT2D eigenvalue weighted by Crippen LogP contribution is 2.56. The van der Waals surface area contributed by atoms with Crippen molar-refractivity contribution in [2.75, 3.05) is 32.9 Å². The number of fused-ring (bicyclic) bond motifs is 3. The van der Waals surface area contributed by atoms with Crippen LogP contribution in [0.3, 0.4) is 0 Å². The lowest BCUT2D eigenvalue weighted by Gasteiger charge is -2.24. The highest BCUT2D eigenvalue weighted by Gasteiger charge is 2.59. The van der Waals surface area contributed by atoms with Crippen molar-refractivity contribution in [3.05, 3.63) is 59.7 Å². The second-order valence-corrected chi connectivity index (χ2v) is 10.2. The van der Waals surface area contributed by atoms with Crippen molar-refractivity contribution in [2.45, 2.75) is 24.8 Å². The number of aliphatic carboxylic acids is 1. The quantitative estimate of drug-likeness (QED) is 0.688. The summed E-state index contributed by atoms with van der Waals surface area (Å²) in [7, 11) is 0. The number of carboxylic acid groups (broad SMARTS) is 1. The number of nitrogens with one attached hydrogen (secondary N) is 1. The van der Waals surface area contributed by atoms with Crippen LogP contribution >= 0.6 is 0 Å². The summed E-state index contributed by atoms with van der Waals surface area (Å²) in [6, 6.07) is 15.8. The Hall–Kier alpha value is -3.39. The van der Waals surface area contributed by atoms with Crippen LogP contribution in [0.4, 0.5) is 4.79 Å². The fourth-order valence-corrected chi connectivity index (χ4v) is 6.11. The fraction of sp³-hybridized carbons (Fsp3) is 0.444. The van der Waals surface area contributed by atoms with Gasteiger partial charge in [0.2, 0.25) is 5.91 Å². The van der Waals surface area contributed by atoms with Gasteiger partial charge in [-0.15, -0.1) is 0 Å². The second kappa shape index (κ2) is 8.37. The van der Waals surface area contributed by atoms with E-state index in [4.69, 9.17) is 9.47 Å². The molecule has 2 aliphatic heterocycles. The van der Waals surface area contributed by atoms with Gasteiger partial charge in [-0.05, 0) is 35.1 Å². The Morgan fingerprint density at radius 1 is 1.03 bits per heavy atom. The van der Waals surface area contributed by atoms with Crippen molar-refractivity contribution in [1.29, 1.82) is 0 Å². The summed E-state index contributed by atoms with van der Waals surface area (Å²) in [5.74, 6) is -2.09. The van der Waals surface area contributed by atoms with Crippen molar-refractivity contribution in [2.24, 2.45) is 17.3 Å². The summed E-state index contributed by atoms with van der Waals surface area (Å²) < 4.78 is 11.2. The number of benzene rings is 2. The van der Waals surface area contributed by atoms with Crippen molar-refractivity contribution in [1.82, 2.24) is 10.2 Å². The Balaban J connectivity index is 1.09. The largest absolute Gasteiger partial charge is 0.481 e. The van der Waals surface area contributed by atoms with Gasteiger partial charge in [-0.1, -0.05) is 48.5 Å². The number of likely N-dealkylation sites (tertiary alicyclic amines) is 1. The SMILES string of the molecule is O=C(NC1COCC1C(=O)N1CC(C(=O)O)C2(CC2)C1)OCC1c2ccccc2-c2ccccc21. The van der Waals surface area contributed by atoms with Crippen LogP contribution in [0.25, 0.3) is 11.1 Å². The summed E-state index contributed by atoms with van der Waals surface area (Å²) in [5.41, 5.74) is 4.32. The van der Waals surface area contributed by atoms with Gasteiger partial charge >= 0.3 is 12.1 Å². The molecule has 35 heavy (non-hydrogen) atoms. The molecule has 0 bridgehead atoms. The van der Waals surface area contributed by atoms with Crippen LogP contribution < -0.4 is 5.32 Å². The topological polar surface area (TPSA) is 105 Å². The van der Waals surface area contributed by atoms with E-state index in [9.17, 15) is 19.5 Å². The summed E-state index contributed by atoms with van der Waals surface area (Å²) in [5, 5.41) is 12.4. The number of carbonyl (C=O) groups excluding carboxylic acids is 2. The second-order valence-electron chi connectivity index (χ2n) is 10.2. The monoisotopic (exact) mass is 476 g/mol. The van der Waals surface area contributed by atoms with Gasteiger partial charge in [0.1, 0.15) is 6.61 Å². The molecule has 2 saturated heterocycles. The van der Waals surface area contributed by atoms with Gasteiger partial charge in [-0.25, -0.2) is 4.79 Å². The summed E-state index contributed by atoms with van der Waals surface area (Å²) >= 11 is 0. The van der Waals surface area contributed by atoms with E-state index in [0.29, 0.717) is 6.54 Å². The number of nitrogens with zero attached hydrogens (tertiary/aromatic N) is 1. The molecule has 182 valence electrons. The lowest BCUT2D eigenvalue weighted by molar-refractivity contribution is -0.143. The molecule has 1 spiro atoms. The molecule has 3 fully saturated rings. The van der Waals surface area contributed by atoms with Crippen LogP contribution in [0, 0.1) is 17.3 Å². The van der Waals surface area contributed by atoms with E-state index in [1.165, 1.54) is 0 Å². The van der Waals surface area contributed by atoms with Gasteiger partial charge in [0.15, 0.2) is 0 Å². The van der Waals surface area contributed by atoms with E-state index in [1.54, 1.807) is 4.90 Å². The summed E-state index contributed by atoms with van der Waals surface area (Å²) in [4.78, 5) is 39.3. The molecule has 3 atom stereocenters. The molecule has 4 aliphatic rings. The first-order valence-electron chi connectivity index (χ1n) is 12.2. The lowest BCUT2D eigenvalue weighted by atomic mass is 9.93. The van der Waals surface area contributed by atoms with Crippen LogP contribution in [-0.2, 0) is 19.1 Å². The van der Waals surface area contributed by atoms with Crippen LogP contribution in [-0.4, -0.2) is 66.9 Å². The van der Waals surface area contributed by atoms with E-state index in [0.717, 1.165) is 35.1 Å². The first-order valence-corrected chi connectivity index (χ1v) is 12.2. The zero-order valence-electron chi connectivity index (χ0n) is 19.3. The van der Waals surface area contributed by atoms with Crippen LogP contribution in [0.5, 0.6) is 0 Å². The van der Waals surface area contributed by atoms with Gasteiger partial charge in [0.05, 0.1) is 31.1 Å². The van der Waals surface area contributed by atoms with Gasteiger partial charge in [0.25, 0.3) is 0 Å². The zero-order valence-corrected chi connectivity index (χ0v) is 19.3. The molecule has 1 saturated carbocycles. The average Bonchev–Trinajstić information content (AvgIpc) is 3.18. The molecule has 3 unspecified atom stereocenters. The number of ether oxygens (including phenoxy) is 2. The Labute approximate surface area is 203 Å². The van der Waals surface area contributed by atoms with Crippen molar-refractivity contribution in [3.8, 4) is 11.1 Å². The maximum Gasteiger partial charge on any atom is 0.407 e. The first-order chi connectivity index (χ1) is 17.0. The maximum absolute atomic E-state index is 13.2. The lowest BCUT2D eigenvalue weighted by Crippen LogP contribution is -2.47. The molecule has 2 heterocycles. The minimum Gasteiger partial charge on any atom is -0.481 e. The molecular formula is C27H28N2O6. The molecule has 2 N–H and O–H groups in total. The Morgan fingerprint density at radius 3 is 2.29 bits per heavy atom. The minimum atomic E-state index is -0.839. The minimum absolute atomic E-state index is 0.0438. The Morgan fingerprint density at radius 2 is 1.69 bits per heavy atom. The molecule has 6 rings (SSSR count). The van der Waals surface area contributed by atoms with E-state index in [-0.39, 0.29) is 43.6 Å². The molecule has 2 aliphatic carbocycles. The number of rotatable bonds is 5. The number of carboxylic acids is 1. The molecule has 2 amide bonds. The highest BCUT2D eigenvalue weighted by molar-refractivity contribution is 5.83. The highest BCUT2D eigenvalue weighted by atomic mass is 16.5. The van der Waals surface area contributed by atoms with Crippen LogP contribution in [0.15, 0.2) is 48.5 Å². The Bertz CT molecular complexity index is 1150. The third kappa shape index (κ3) is 3.76. The predicted octanol–water partition coefficient (Wildman–Crippen LogP) is 2.86. The van der Waals surface area contributed by atoms with Crippen molar-refractivity contribution >= 4 is 18.0 Å². The van der Waals surface area contributed by atoms with Gasteiger partial charge in [-0.2, -0.15) is 0 Å². The number of hydrogen-bond acceptors (Lipinski definition) is 5. The molecule has 2 aromatic carbocycles. The van der Waals surface area contributed by atoms with E-state index < -0.39 is 29.9 Å². The van der Waals surface area contributed by atoms with E-state index in [1.807, 2.05) is 24.3 Å². The smallest absolute Gasteiger partial charge is 0.407 e. The summed E-state index contributed by atoms with van der Waals surface area (Å²) in [6.07, 6.45) is 1.11. The maximum atomic E-state index is 13.2. The normalized spacial score (nSPS) is 25.8. The average molecular weight is 477 g/mol.